The fourth-order valence-corrected chi connectivity index (χ4v) is 3.96. The molecule has 0 spiro atoms. The van der Waals surface area contributed by atoms with Gasteiger partial charge in [-0.25, -0.2) is 9.37 Å². The van der Waals surface area contributed by atoms with E-state index >= 15 is 0 Å². The lowest BCUT2D eigenvalue weighted by atomic mass is 9.95. The van der Waals surface area contributed by atoms with E-state index < -0.39 is 0 Å². The van der Waals surface area contributed by atoms with Crippen molar-refractivity contribution in [3.8, 4) is 0 Å². The monoisotopic (exact) mass is 369 g/mol. The van der Waals surface area contributed by atoms with Crippen molar-refractivity contribution in [3.05, 3.63) is 51.7 Å². The lowest BCUT2D eigenvalue weighted by molar-refractivity contribution is 0.0715. The summed E-state index contributed by atoms with van der Waals surface area (Å²) >= 11 is 1.46. The molecule has 2 aromatic rings. The summed E-state index contributed by atoms with van der Waals surface area (Å²) in [5.74, 6) is -0.0566. The molecule has 130 valence electrons. The number of hydrogen-bond acceptors (Lipinski definition) is 4. The molecule has 1 saturated heterocycles. The Morgan fingerprint density at radius 3 is 3.00 bits per heavy atom. The van der Waals surface area contributed by atoms with Gasteiger partial charge in [-0.15, -0.1) is 23.7 Å². The number of halogens is 2. The number of nitrogens with two attached hydrogens (primary N) is 1. The average molecular weight is 370 g/mol. The maximum absolute atomic E-state index is 13.6. The van der Waals surface area contributed by atoms with Crippen LogP contribution in [0, 0.1) is 11.7 Å². The van der Waals surface area contributed by atoms with Crippen LogP contribution in [0.25, 0.3) is 0 Å². The average Bonchev–Trinajstić information content (AvgIpc) is 3.14. The second-order valence-corrected chi connectivity index (χ2v) is 6.87. The molecule has 3 rings (SSSR count). The Labute approximate surface area is 151 Å². The zero-order valence-corrected chi connectivity index (χ0v) is 15.1. The fourth-order valence-electron chi connectivity index (χ4n) is 3.17. The van der Waals surface area contributed by atoms with Gasteiger partial charge in [0.15, 0.2) is 0 Å². The highest BCUT2D eigenvalue weighted by Crippen LogP contribution is 2.38. The third-order valence-corrected chi connectivity index (χ3v) is 5.19. The van der Waals surface area contributed by atoms with Crippen LogP contribution in [0.2, 0.25) is 0 Å². The summed E-state index contributed by atoms with van der Waals surface area (Å²) in [4.78, 5) is 19.0. The van der Waals surface area contributed by atoms with Crippen LogP contribution in [0.15, 0.2) is 29.6 Å². The van der Waals surface area contributed by atoms with Gasteiger partial charge in [-0.1, -0.05) is 19.1 Å². The highest BCUT2D eigenvalue weighted by atomic mass is 35.5. The van der Waals surface area contributed by atoms with Crippen molar-refractivity contribution in [2.24, 2.45) is 11.7 Å². The predicted octanol–water partition coefficient (Wildman–Crippen LogP) is 3.43. The number of thiazole rings is 1. The Kier molecular flexibility index (Phi) is 6.32. The number of nitrogens with zero attached hydrogens (tertiary/aromatic N) is 2. The number of likely N-dealkylation sites (tertiary alicyclic amines) is 1. The molecule has 4 nitrogen and oxygen atoms in total. The minimum atomic E-state index is -0.270. The van der Waals surface area contributed by atoms with Gasteiger partial charge >= 0.3 is 0 Å². The second-order valence-electron chi connectivity index (χ2n) is 5.93. The molecule has 24 heavy (non-hydrogen) atoms. The molecular formula is C17H21ClFN3OS. The molecule has 2 atom stereocenters. The molecule has 0 aliphatic carbocycles. The summed E-state index contributed by atoms with van der Waals surface area (Å²) in [6.45, 7) is 3.29. The van der Waals surface area contributed by atoms with Crippen molar-refractivity contribution < 1.29 is 9.18 Å². The van der Waals surface area contributed by atoms with Crippen LogP contribution in [0.3, 0.4) is 0 Å². The number of hydrogen-bond donors (Lipinski definition) is 1. The summed E-state index contributed by atoms with van der Waals surface area (Å²) in [6.07, 6.45) is 1.59. The maximum atomic E-state index is 13.6. The first kappa shape index (κ1) is 18.8. The van der Waals surface area contributed by atoms with Gasteiger partial charge in [0, 0.05) is 18.3 Å². The molecule has 0 saturated carbocycles. The first-order valence-electron chi connectivity index (χ1n) is 7.81. The Bertz CT molecular complexity index is 709. The molecule has 2 heterocycles. The zero-order valence-electron chi connectivity index (χ0n) is 13.4. The molecule has 1 aromatic heterocycles. The van der Waals surface area contributed by atoms with E-state index in [-0.39, 0.29) is 30.2 Å². The number of rotatable bonds is 4. The van der Waals surface area contributed by atoms with E-state index in [1.807, 2.05) is 11.0 Å². The van der Waals surface area contributed by atoms with Crippen LogP contribution < -0.4 is 5.73 Å². The van der Waals surface area contributed by atoms with Crippen molar-refractivity contribution in [1.29, 1.82) is 0 Å². The van der Waals surface area contributed by atoms with Gasteiger partial charge < -0.3 is 10.6 Å². The van der Waals surface area contributed by atoms with Crippen molar-refractivity contribution >= 4 is 29.7 Å². The van der Waals surface area contributed by atoms with Crippen molar-refractivity contribution in [1.82, 2.24) is 9.88 Å². The normalized spacial score (nSPS) is 20.0. The molecule has 1 aliphatic heterocycles. The highest BCUT2D eigenvalue weighted by molar-refractivity contribution is 7.09. The molecule has 7 heteroatoms. The zero-order chi connectivity index (χ0) is 16.4. The summed E-state index contributed by atoms with van der Waals surface area (Å²) in [5, 5.41) is 2.67. The molecule has 0 radical (unpaired) electrons. The Morgan fingerprint density at radius 1 is 1.50 bits per heavy atom. The van der Waals surface area contributed by atoms with E-state index in [9.17, 15) is 9.18 Å². The Morgan fingerprint density at radius 2 is 2.29 bits per heavy atom. The van der Waals surface area contributed by atoms with Gasteiger partial charge in [-0.2, -0.15) is 0 Å². The third-order valence-electron chi connectivity index (χ3n) is 4.28. The topological polar surface area (TPSA) is 59.2 Å². The van der Waals surface area contributed by atoms with Crippen molar-refractivity contribution in [2.45, 2.75) is 25.8 Å². The quantitative estimate of drug-likeness (QED) is 0.898. The number of carbonyl (C=O) groups excluding carboxylic acids is 1. The molecule has 2 unspecified atom stereocenters. The molecule has 1 aromatic carbocycles. The Balaban J connectivity index is 0.00000208. The first-order valence-corrected chi connectivity index (χ1v) is 8.69. The lowest BCUT2D eigenvalue weighted by Crippen LogP contribution is -2.32. The number of aromatic nitrogens is 1. The third kappa shape index (κ3) is 3.77. The van der Waals surface area contributed by atoms with Gasteiger partial charge in [0.05, 0.1) is 11.0 Å². The van der Waals surface area contributed by atoms with Crippen LogP contribution in [0.5, 0.6) is 0 Å². The van der Waals surface area contributed by atoms with E-state index in [0.717, 1.165) is 17.0 Å². The maximum Gasteiger partial charge on any atom is 0.273 e. The van der Waals surface area contributed by atoms with Gasteiger partial charge in [0.2, 0.25) is 0 Å². The van der Waals surface area contributed by atoms with Gasteiger partial charge in [0.25, 0.3) is 5.91 Å². The SMILES string of the molecule is CC1CCN(C(=O)c2csc(CCN)n2)C1c1cccc(F)c1.Cl. The highest BCUT2D eigenvalue weighted by Gasteiger charge is 2.36. The van der Waals surface area contributed by atoms with E-state index in [0.29, 0.717) is 31.1 Å². The van der Waals surface area contributed by atoms with E-state index in [1.54, 1.807) is 11.4 Å². The summed E-state index contributed by atoms with van der Waals surface area (Å²) in [7, 11) is 0. The van der Waals surface area contributed by atoms with Crippen LogP contribution in [0.1, 0.15) is 40.4 Å². The standard InChI is InChI=1S/C17H20FN3OS.ClH/c1-11-6-8-21(16(11)12-3-2-4-13(18)9-12)17(22)14-10-23-15(20-14)5-7-19;/h2-4,9-11,16H,5-8,19H2,1H3;1H. The summed E-state index contributed by atoms with van der Waals surface area (Å²) in [6, 6.07) is 6.43. The minimum Gasteiger partial charge on any atom is -0.330 e. The Hall–Kier alpha value is -1.50. The molecule has 0 bridgehead atoms. The number of amides is 1. The largest absolute Gasteiger partial charge is 0.330 e. The van der Waals surface area contributed by atoms with Crippen LogP contribution in [0.4, 0.5) is 4.39 Å². The lowest BCUT2D eigenvalue weighted by Gasteiger charge is -2.27. The molecule has 1 aliphatic rings. The van der Waals surface area contributed by atoms with E-state index in [2.05, 4.69) is 11.9 Å². The van der Waals surface area contributed by atoms with Gasteiger partial charge in [-0.3, -0.25) is 4.79 Å². The second kappa shape index (κ2) is 8.05. The fraction of sp³-hybridized carbons (Fsp3) is 0.412. The smallest absolute Gasteiger partial charge is 0.273 e. The molecule has 1 amide bonds. The molecule has 1 fully saturated rings. The number of benzene rings is 1. The summed E-state index contributed by atoms with van der Waals surface area (Å²) in [5.41, 5.74) is 6.85. The van der Waals surface area contributed by atoms with Crippen molar-refractivity contribution in [3.63, 3.8) is 0 Å². The van der Waals surface area contributed by atoms with E-state index in [1.165, 1.54) is 23.5 Å². The minimum absolute atomic E-state index is 0. The van der Waals surface area contributed by atoms with E-state index in [4.69, 9.17) is 5.73 Å². The van der Waals surface area contributed by atoms with Gasteiger partial charge in [-0.05, 0) is 36.6 Å². The molecular weight excluding hydrogens is 349 g/mol. The van der Waals surface area contributed by atoms with Crippen LogP contribution in [-0.2, 0) is 6.42 Å². The molecule has 2 N–H and O–H groups in total. The van der Waals surface area contributed by atoms with Crippen LogP contribution in [-0.4, -0.2) is 28.9 Å². The first-order chi connectivity index (χ1) is 11.1. The van der Waals surface area contributed by atoms with Gasteiger partial charge in [0.1, 0.15) is 11.5 Å². The van der Waals surface area contributed by atoms with Crippen molar-refractivity contribution in [2.75, 3.05) is 13.1 Å². The number of carbonyl (C=O) groups is 1. The predicted molar refractivity (Wildman–Crippen MR) is 96.1 cm³/mol. The van der Waals surface area contributed by atoms with Crippen LogP contribution >= 0.6 is 23.7 Å². The summed E-state index contributed by atoms with van der Waals surface area (Å²) < 4.78 is 13.6.